The largest absolute Gasteiger partial charge is 0.497 e. The first-order valence-corrected chi connectivity index (χ1v) is 10.3. The first-order chi connectivity index (χ1) is 14.8. The molecule has 0 saturated carbocycles. The number of tetrazole rings is 1. The average molecular weight is 401 g/mol. The van der Waals surface area contributed by atoms with Crippen molar-refractivity contribution in [2.45, 2.75) is 38.6 Å². The summed E-state index contributed by atoms with van der Waals surface area (Å²) in [6.45, 7) is 0.742. The van der Waals surface area contributed by atoms with E-state index in [2.05, 4.69) is 44.4 Å². The molecular formula is C23H23N5O2. The van der Waals surface area contributed by atoms with Crippen LogP contribution < -0.4 is 4.74 Å². The van der Waals surface area contributed by atoms with Gasteiger partial charge in [0.2, 0.25) is 0 Å². The number of aromatic nitrogens is 5. The zero-order valence-corrected chi connectivity index (χ0v) is 16.9. The zero-order chi connectivity index (χ0) is 20.5. The number of ether oxygens (including phenoxy) is 1. The van der Waals surface area contributed by atoms with E-state index in [1.807, 2.05) is 0 Å². The molecule has 0 bridgehead atoms. The van der Waals surface area contributed by atoms with Crippen LogP contribution in [0.4, 0.5) is 0 Å². The molecule has 1 aliphatic carbocycles. The summed E-state index contributed by atoms with van der Waals surface area (Å²) in [4.78, 5) is 12.9. The Bertz CT molecular complexity index is 1210. The molecule has 0 amide bonds. The molecule has 0 radical (unpaired) electrons. The van der Waals surface area contributed by atoms with Crippen LogP contribution in [0.1, 0.15) is 40.3 Å². The van der Waals surface area contributed by atoms with Crippen LogP contribution in [0.3, 0.4) is 0 Å². The van der Waals surface area contributed by atoms with Gasteiger partial charge in [0.25, 0.3) is 5.91 Å². The molecule has 2 heterocycles. The lowest BCUT2D eigenvalue weighted by Crippen LogP contribution is -2.19. The number of fused-ring (bicyclic) bond motifs is 3. The molecule has 152 valence electrons. The number of carbonyl (C=O) groups is 1. The Morgan fingerprint density at radius 1 is 1.07 bits per heavy atom. The number of benzene rings is 2. The molecule has 0 aliphatic heterocycles. The lowest BCUT2D eigenvalue weighted by atomic mass is 9.95. The third-order valence-electron chi connectivity index (χ3n) is 5.91. The highest BCUT2D eigenvalue weighted by molar-refractivity contribution is 5.95. The number of rotatable bonds is 5. The topological polar surface area (TPSA) is 74.8 Å². The van der Waals surface area contributed by atoms with Gasteiger partial charge in [-0.15, -0.1) is 5.10 Å². The van der Waals surface area contributed by atoms with Gasteiger partial charge < -0.3 is 9.30 Å². The van der Waals surface area contributed by atoms with E-state index in [0.29, 0.717) is 23.6 Å². The third-order valence-corrected chi connectivity index (χ3v) is 5.91. The van der Waals surface area contributed by atoms with Crippen molar-refractivity contribution in [2.24, 2.45) is 0 Å². The average Bonchev–Trinajstić information content (AvgIpc) is 3.40. The lowest BCUT2D eigenvalue weighted by Gasteiger charge is -2.16. The Hall–Kier alpha value is -3.48. The molecule has 7 heteroatoms. The first kappa shape index (κ1) is 18.5. The molecule has 4 aromatic rings. The number of carbonyl (C=O) groups excluding carboxylic acids is 1. The maximum absolute atomic E-state index is 12.9. The second-order valence-electron chi connectivity index (χ2n) is 7.59. The molecule has 7 nitrogen and oxygen atoms in total. The van der Waals surface area contributed by atoms with Crippen molar-refractivity contribution in [3.63, 3.8) is 0 Å². The summed E-state index contributed by atoms with van der Waals surface area (Å²) in [7, 11) is 1.60. The van der Waals surface area contributed by atoms with E-state index in [9.17, 15) is 4.79 Å². The van der Waals surface area contributed by atoms with Gasteiger partial charge in [0.05, 0.1) is 7.11 Å². The van der Waals surface area contributed by atoms with Gasteiger partial charge >= 0.3 is 0 Å². The maximum Gasteiger partial charge on any atom is 0.281 e. The Morgan fingerprint density at radius 3 is 2.70 bits per heavy atom. The molecule has 0 N–H and O–H groups in total. The summed E-state index contributed by atoms with van der Waals surface area (Å²) >= 11 is 0. The molecule has 2 aromatic carbocycles. The molecule has 1 aliphatic rings. The van der Waals surface area contributed by atoms with Crippen molar-refractivity contribution in [3.05, 3.63) is 71.2 Å². The van der Waals surface area contributed by atoms with Crippen molar-refractivity contribution >= 4 is 16.8 Å². The van der Waals surface area contributed by atoms with E-state index in [4.69, 9.17) is 4.74 Å². The fraction of sp³-hybridized carbons (Fsp3) is 0.304. The van der Waals surface area contributed by atoms with Gasteiger partial charge in [0.1, 0.15) is 5.75 Å². The Balaban J connectivity index is 1.42. The predicted octanol–water partition coefficient (Wildman–Crippen LogP) is 3.45. The highest BCUT2D eigenvalue weighted by Gasteiger charge is 2.21. The lowest BCUT2D eigenvalue weighted by molar-refractivity contribution is 0.0939. The summed E-state index contributed by atoms with van der Waals surface area (Å²) < 4.78 is 8.86. The number of aryl methyl sites for hydroxylation is 3. The molecule has 0 fully saturated rings. The van der Waals surface area contributed by atoms with Crippen LogP contribution in [-0.2, 0) is 25.8 Å². The molecule has 0 spiro atoms. The standard InChI is InChI=1S/C23H23N5O2/c1-30-17-12-10-16(11-13-17)23(29)28-22(24-25-26-28)14-15-27-20-8-4-2-6-18(20)19-7-3-5-9-21(19)27/h2,4,6,8,10-13H,3,5,7,9,14-15H2,1H3. The molecule has 5 rings (SSSR count). The number of hydrogen-bond acceptors (Lipinski definition) is 5. The highest BCUT2D eigenvalue weighted by atomic mass is 16.5. The number of para-hydroxylation sites is 1. The number of nitrogens with zero attached hydrogens (tertiary/aromatic N) is 5. The Labute approximate surface area is 174 Å². The summed E-state index contributed by atoms with van der Waals surface area (Å²) in [5.41, 5.74) is 4.67. The SMILES string of the molecule is COc1ccc(C(=O)n2nnnc2CCn2c3c(c4ccccc42)CCCC3)cc1. The maximum atomic E-state index is 12.9. The van der Waals surface area contributed by atoms with E-state index in [1.54, 1.807) is 31.4 Å². The van der Waals surface area contributed by atoms with Crippen LogP contribution >= 0.6 is 0 Å². The Morgan fingerprint density at radius 2 is 1.87 bits per heavy atom. The summed E-state index contributed by atoms with van der Waals surface area (Å²) in [6, 6.07) is 15.6. The minimum atomic E-state index is -0.239. The van der Waals surface area contributed by atoms with Gasteiger partial charge in [-0.2, -0.15) is 4.68 Å². The monoisotopic (exact) mass is 401 g/mol. The van der Waals surface area contributed by atoms with E-state index >= 15 is 0 Å². The van der Waals surface area contributed by atoms with Gasteiger partial charge in [-0.3, -0.25) is 4.79 Å². The molecule has 30 heavy (non-hydrogen) atoms. The van der Waals surface area contributed by atoms with E-state index in [-0.39, 0.29) is 5.91 Å². The third kappa shape index (κ3) is 3.16. The summed E-state index contributed by atoms with van der Waals surface area (Å²) in [5, 5.41) is 13.2. The van der Waals surface area contributed by atoms with Crippen molar-refractivity contribution in [1.29, 1.82) is 0 Å². The molecule has 0 saturated heterocycles. The van der Waals surface area contributed by atoms with Crippen LogP contribution in [-0.4, -0.2) is 37.8 Å². The van der Waals surface area contributed by atoms with E-state index in [0.717, 1.165) is 19.4 Å². The van der Waals surface area contributed by atoms with Crippen molar-refractivity contribution in [1.82, 2.24) is 24.8 Å². The quantitative estimate of drug-likeness (QED) is 0.479. The van der Waals surface area contributed by atoms with Gasteiger partial charge in [0, 0.05) is 35.1 Å². The minimum absolute atomic E-state index is 0.239. The van der Waals surface area contributed by atoms with E-state index in [1.165, 1.54) is 39.7 Å². The van der Waals surface area contributed by atoms with Gasteiger partial charge in [-0.05, 0) is 72.0 Å². The fourth-order valence-electron chi connectivity index (χ4n) is 4.43. The molecule has 0 atom stereocenters. The molecule has 0 unspecified atom stereocenters. The van der Waals surface area contributed by atoms with E-state index < -0.39 is 0 Å². The Kier molecular flexibility index (Phi) is 4.78. The number of hydrogen-bond donors (Lipinski definition) is 0. The second-order valence-corrected chi connectivity index (χ2v) is 7.59. The zero-order valence-electron chi connectivity index (χ0n) is 16.9. The van der Waals surface area contributed by atoms with Crippen LogP contribution in [0.15, 0.2) is 48.5 Å². The molecular weight excluding hydrogens is 378 g/mol. The molecule has 2 aromatic heterocycles. The number of methoxy groups -OCH3 is 1. The fourth-order valence-corrected chi connectivity index (χ4v) is 4.43. The first-order valence-electron chi connectivity index (χ1n) is 10.3. The summed E-state index contributed by atoms with van der Waals surface area (Å²) in [6.07, 6.45) is 5.28. The van der Waals surface area contributed by atoms with Crippen molar-refractivity contribution in [2.75, 3.05) is 7.11 Å². The normalized spacial score (nSPS) is 13.4. The van der Waals surface area contributed by atoms with Crippen molar-refractivity contribution in [3.8, 4) is 5.75 Å². The minimum Gasteiger partial charge on any atom is -0.497 e. The van der Waals surface area contributed by atoms with Crippen LogP contribution in [0.25, 0.3) is 10.9 Å². The van der Waals surface area contributed by atoms with Crippen molar-refractivity contribution < 1.29 is 9.53 Å². The van der Waals surface area contributed by atoms with Gasteiger partial charge in [-0.1, -0.05) is 18.2 Å². The summed E-state index contributed by atoms with van der Waals surface area (Å²) in [5.74, 6) is 1.03. The second kappa shape index (κ2) is 7.74. The van der Waals surface area contributed by atoms with Crippen LogP contribution in [0.2, 0.25) is 0 Å². The smallest absolute Gasteiger partial charge is 0.281 e. The van der Waals surface area contributed by atoms with Crippen LogP contribution in [0, 0.1) is 0 Å². The predicted molar refractivity (Wildman–Crippen MR) is 113 cm³/mol. The highest BCUT2D eigenvalue weighted by Crippen LogP contribution is 2.32. The van der Waals surface area contributed by atoms with Crippen LogP contribution in [0.5, 0.6) is 5.75 Å². The van der Waals surface area contributed by atoms with Gasteiger partial charge in [-0.25, -0.2) is 0 Å². The van der Waals surface area contributed by atoms with Gasteiger partial charge in [0.15, 0.2) is 5.82 Å².